The fourth-order valence-electron chi connectivity index (χ4n) is 14.9. The summed E-state index contributed by atoms with van der Waals surface area (Å²) in [6.45, 7) is 16.6. The van der Waals surface area contributed by atoms with Crippen LogP contribution in [0.15, 0.2) is 66.3 Å². The van der Waals surface area contributed by atoms with E-state index >= 15 is 4.39 Å². The average molecular weight is 1620 g/mol. The van der Waals surface area contributed by atoms with E-state index in [2.05, 4.69) is 42.5 Å². The summed E-state index contributed by atoms with van der Waals surface area (Å²) >= 11 is 3.11. The Kier molecular flexibility index (Phi) is 40.3. The number of carbonyl (C=O) groups excluding carboxylic acids is 7. The Balaban J connectivity index is 0.674. The number of allylic oxidation sites excluding steroid dienone is 4. The second kappa shape index (κ2) is 48.5. The van der Waals surface area contributed by atoms with Crippen molar-refractivity contribution in [2.24, 2.45) is 22.7 Å². The molecule has 7 rings (SSSR count). The Hall–Kier alpha value is -5.70. The van der Waals surface area contributed by atoms with Crippen LogP contribution < -0.4 is 26.6 Å². The van der Waals surface area contributed by atoms with Crippen molar-refractivity contribution in [3.63, 3.8) is 0 Å². The van der Waals surface area contributed by atoms with Crippen molar-refractivity contribution in [2.45, 2.75) is 140 Å². The van der Waals surface area contributed by atoms with Gasteiger partial charge in [0.25, 0.3) is 0 Å². The molecule has 2 aromatic rings. The number of Topliss-reactive ketones (excluding diaryl/α,β-unsaturated/α-hetero) is 1. The average Bonchev–Trinajstić information content (AvgIpc) is 0.895. The fourth-order valence-corrected chi connectivity index (χ4v) is 15.1. The number of benzene rings is 2. The van der Waals surface area contributed by atoms with Crippen LogP contribution in [0.4, 0.5) is 10.1 Å². The van der Waals surface area contributed by atoms with E-state index in [-0.39, 0.29) is 49.3 Å². The molecule has 12 atom stereocenters. The lowest BCUT2D eigenvalue weighted by molar-refractivity contribution is -0.231. The number of amides is 5. The van der Waals surface area contributed by atoms with E-state index in [1.165, 1.54) is 26.0 Å². The van der Waals surface area contributed by atoms with Gasteiger partial charge in [-0.25, -0.2) is 4.39 Å². The molecule has 5 aliphatic rings. The fraction of sp³-hybridized carbons (Fsp3) is 0.705. The summed E-state index contributed by atoms with van der Waals surface area (Å²) in [6.07, 6.45) is 3.69. The van der Waals surface area contributed by atoms with Crippen molar-refractivity contribution < 1.29 is 124 Å². The number of rotatable bonds is 58. The van der Waals surface area contributed by atoms with Crippen molar-refractivity contribution in [1.82, 2.24) is 21.3 Å². The van der Waals surface area contributed by atoms with Gasteiger partial charge in [-0.1, -0.05) is 70.9 Å². The van der Waals surface area contributed by atoms with Crippen molar-refractivity contribution in [3.8, 4) is 0 Å². The highest BCUT2D eigenvalue weighted by molar-refractivity contribution is 9.09. The molecule has 0 radical (unpaired) electrons. The maximum absolute atomic E-state index is 17.9. The number of alkyl halides is 2. The van der Waals surface area contributed by atoms with E-state index in [1.54, 1.807) is 38.3 Å². The van der Waals surface area contributed by atoms with Gasteiger partial charge in [-0.15, -0.1) is 0 Å². The van der Waals surface area contributed by atoms with Crippen molar-refractivity contribution in [1.29, 1.82) is 0 Å². The second-order valence-corrected chi connectivity index (χ2v) is 28.7. The summed E-state index contributed by atoms with van der Waals surface area (Å²) in [5, 5.41) is 46.2. The van der Waals surface area contributed by atoms with Crippen molar-refractivity contribution in [3.05, 3.63) is 88.5 Å². The van der Waals surface area contributed by atoms with Gasteiger partial charge in [0.15, 0.2) is 29.1 Å². The van der Waals surface area contributed by atoms with Gasteiger partial charge in [0, 0.05) is 53.6 Å². The molecule has 30 nitrogen and oxygen atoms in total. The lowest BCUT2D eigenvalue weighted by Gasteiger charge is -2.62. The number of ketones is 2. The highest BCUT2D eigenvalue weighted by Crippen LogP contribution is 2.72. The molecule has 0 spiro atoms. The standard InChI is InChI=1S/C78H117BrFN5O25/c1-54(83-73(95)65(84-70(92)51-79)8-6-7-20-81-69(91)18-21-97-24-25-99-28-29-101-32-33-103-36-37-105-40-41-107-44-45-108-43-42-106-39-38-104-35-34-102-31-30-100-27-26-98-23-22-96-5)71(93)82-55(2)72(94)85-64-16-11-57(47-59(64)52-86)46-56-9-12-58(13-10-56)74-109-68-49-63-62-15-14-60-48-61(88)17-19-75(60,3)77(62,80)66(89)50-76(63,4)78(68,110-74)67(90)53-87/h9-13,16-17,19,47-48,54-55,62-63,65-66,68,74,86-87,89H,6-8,14-15,18,20-46,49-53H2,1-5H3,(H,81,91)(H,82,93)(H,83,95)(H,84,92)(H,85,94)/t54-,55-,62-,63-,65-,66-,68+,74+,75-,76-,77-,78+/m0/s1. The van der Waals surface area contributed by atoms with Crippen LogP contribution in [0.3, 0.4) is 0 Å². The third-order valence-corrected chi connectivity index (χ3v) is 21.2. The van der Waals surface area contributed by atoms with E-state index in [9.17, 15) is 48.9 Å². The molecular weight excluding hydrogens is 1510 g/mol. The molecular formula is C78H117BrFN5O25. The number of carbonyl (C=O) groups is 7. The zero-order valence-electron chi connectivity index (χ0n) is 64.3. The Labute approximate surface area is 652 Å². The van der Waals surface area contributed by atoms with Crippen LogP contribution in [0.2, 0.25) is 0 Å². The number of methoxy groups -OCH3 is 1. The number of nitrogens with one attached hydrogen (secondary N) is 5. The lowest BCUT2D eigenvalue weighted by Crippen LogP contribution is -2.69. The highest BCUT2D eigenvalue weighted by atomic mass is 79.9. The van der Waals surface area contributed by atoms with Gasteiger partial charge in [-0.3, -0.25) is 33.6 Å². The molecule has 32 heteroatoms. The minimum atomic E-state index is -2.12. The number of unbranched alkanes of at least 4 members (excludes halogenated alkanes) is 1. The molecule has 1 heterocycles. The Morgan fingerprint density at radius 3 is 1.64 bits per heavy atom. The number of fused-ring (bicyclic) bond motifs is 7. The summed E-state index contributed by atoms with van der Waals surface area (Å²) in [5.41, 5.74) is -2.49. The van der Waals surface area contributed by atoms with E-state index < -0.39 is 113 Å². The summed E-state index contributed by atoms with van der Waals surface area (Å²) in [7, 11) is 1.63. The van der Waals surface area contributed by atoms with Crippen LogP contribution >= 0.6 is 15.9 Å². The molecule has 618 valence electrons. The molecule has 5 amide bonds. The van der Waals surface area contributed by atoms with Gasteiger partial charge in [0.05, 0.1) is 189 Å². The number of aliphatic hydroxyl groups is 3. The van der Waals surface area contributed by atoms with Crippen LogP contribution in [0.5, 0.6) is 0 Å². The summed E-state index contributed by atoms with van der Waals surface area (Å²) < 4.78 is 102. The first-order valence-corrected chi connectivity index (χ1v) is 39.4. The van der Waals surface area contributed by atoms with Crippen LogP contribution in [-0.4, -0.2) is 289 Å². The predicted molar refractivity (Wildman–Crippen MR) is 402 cm³/mol. The number of hydrogen-bond donors (Lipinski definition) is 8. The molecule has 2 aromatic carbocycles. The van der Waals surface area contributed by atoms with Crippen LogP contribution in [0.25, 0.3) is 0 Å². The number of hydrogen-bond acceptors (Lipinski definition) is 25. The van der Waals surface area contributed by atoms with Gasteiger partial charge in [0.2, 0.25) is 29.5 Å². The third kappa shape index (κ3) is 26.7. The highest BCUT2D eigenvalue weighted by Gasteiger charge is 2.79. The second-order valence-electron chi connectivity index (χ2n) is 28.1. The smallest absolute Gasteiger partial charge is 0.246 e. The number of halogens is 2. The van der Waals surface area contributed by atoms with Crippen LogP contribution in [-0.2, 0) is 118 Å². The van der Waals surface area contributed by atoms with Gasteiger partial charge < -0.3 is 113 Å². The monoisotopic (exact) mass is 1620 g/mol. The molecule has 3 saturated carbocycles. The molecule has 0 unspecified atom stereocenters. The number of aliphatic hydroxyl groups excluding tert-OH is 3. The first-order chi connectivity index (χ1) is 53.2. The molecule has 0 bridgehead atoms. The molecule has 1 aliphatic heterocycles. The first-order valence-electron chi connectivity index (χ1n) is 38.2. The quantitative estimate of drug-likeness (QED) is 0.0345. The molecule has 1 saturated heterocycles. The maximum atomic E-state index is 17.9. The molecule has 0 aromatic heterocycles. The first kappa shape index (κ1) is 91.5. The van der Waals surface area contributed by atoms with E-state index in [0.29, 0.717) is 220 Å². The van der Waals surface area contributed by atoms with Crippen LogP contribution in [0.1, 0.15) is 108 Å². The molecule has 4 fully saturated rings. The van der Waals surface area contributed by atoms with Gasteiger partial charge in [-0.2, -0.15) is 0 Å². The normalized spacial score (nSPS) is 24.0. The number of anilines is 1. The van der Waals surface area contributed by atoms with Gasteiger partial charge in [-0.05, 0) is 107 Å². The van der Waals surface area contributed by atoms with Crippen molar-refractivity contribution >= 4 is 62.7 Å². The largest absolute Gasteiger partial charge is 0.392 e. The molecule has 8 N–H and O–H groups in total. The minimum Gasteiger partial charge on any atom is -0.392 e. The van der Waals surface area contributed by atoms with Gasteiger partial charge in [0.1, 0.15) is 24.7 Å². The zero-order chi connectivity index (χ0) is 79.2. The molecule has 110 heavy (non-hydrogen) atoms. The Morgan fingerprint density at radius 2 is 1.13 bits per heavy atom. The summed E-state index contributed by atoms with van der Waals surface area (Å²) in [6, 6.07) is 9.34. The van der Waals surface area contributed by atoms with Gasteiger partial charge >= 0.3 is 0 Å². The van der Waals surface area contributed by atoms with E-state index in [1.807, 2.05) is 31.2 Å². The Morgan fingerprint density at radius 1 is 0.627 bits per heavy atom. The summed E-state index contributed by atoms with van der Waals surface area (Å²) in [5.74, 6) is -4.49. The van der Waals surface area contributed by atoms with Crippen molar-refractivity contribution in [2.75, 3.05) is 196 Å². The van der Waals surface area contributed by atoms with E-state index in [0.717, 1.165) is 11.1 Å². The van der Waals surface area contributed by atoms with Crippen LogP contribution in [0, 0.1) is 22.7 Å². The topological polar surface area (TPSA) is 379 Å². The SMILES string of the molecule is COCCOCCOCCOCCOCCOCCOCCOCCOCCOCCOCCOCCOCCC(=O)NCCCC[C@H](NC(=O)CBr)C(=O)N[C@@H](C)C(=O)N[C@@H](C)C(=O)Nc1ccc(Cc2ccc([C@@H]3O[C@@H]4C[C@H]5[C@@H]6CCC7=CC(=O)C=C[C@]7(C)[C@@]6(F)[C@@H](O)C[C@]5(C)[C@]4(C(=O)CO)O3)cc2)cc1CO. The van der Waals surface area contributed by atoms with E-state index in [4.69, 9.17) is 71.1 Å². The number of ether oxygens (including phenoxy) is 15. The predicted octanol–water partition coefficient (Wildman–Crippen LogP) is 3.81. The molecule has 4 aliphatic carbocycles. The zero-order valence-corrected chi connectivity index (χ0v) is 65.9. The lowest BCUT2D eigenvalue weighted by atomic mass is 9.44. The minimum absolute atomic E-state index is 0.0679. The summed E-state index contributed by atoms with van der Waals surface area (Å²) in [4.78, 5) is 91.6. The maximum Gasteiger partial charge on any atom is 0.246 e. The third-order valence-electron chi connectivity index (χ3n) is 20.7. The Bertz CT molecular complexity index is 3230.